The minimum Gasteiger partial charge on any atom is -0.495 e. The van der Waals surface area contributed by atoms with Crippen molar-refractivity contribution in [2.75, 3.05) is 25.2 Å². The number of fused-ring (bicyclic) bond motifs is 1. The Morgan fingerprint density at radius 3 is 2.83 bits per heavy atom. The van der Waals surface area contributed by atoms with E-state index in [4.69, 9.17) is 26.1 Å². The number of anilines is 1. The number of nitrogens with zero attached hydrogens (tertiary/aromatic N) is 3. The van der Waals surface area contributed by atoms with Crippen molar-refractivity contribution in [2.24, 2.45) is 0 Å². The zero-order chi connectivity index (χ0) is 21.3. The third-order valence-corrected chi connectivity index (χ3v) is 5.43. The maximum Gasteiger partial charge on any atom is 0.326 e. The Hall–Kier alpha value is -3.06. The minimum absolute atomic E-state index is 0.0460. The van der Waals surface area contributed by atoms with Gasteiger partial charge in [0.25, 0.3) is 0 Å². The van der Waals surface area contributed by atoms with Gasteiger partial charge < -0.3 is 18.9 Å². The molecule has 1 aliphatic rings. The van der Waals surface area contributed by atoms with Crippen molar-refractivity contribution in [3.05, 3.63) is 53.3 Å². The van der Waals surface area contributed by atoms with Gasteiger partial charge in [0, 0.05) is 23.9 Å². The molecule has 1 amide bonds. The summed E-state index contributed by atoms with van der Waals surface area (Å²) in [7, 11) is 1.56. The molecule has 3 aromatic rings. The van der Waals surface area contributed by atoms with Crippen LogP contribution in [-0.4, -0.2) is 41.7 Å². The second kappa shape index (κ2) is 8.36. The SMILES string of the molecule is CCOC(=O)Cn1c([C@H]2CC(=O)N(c3cc(Cl)ccc3OC)C2)nc2ccccc21. The Morgan fingerprint density at radius 2 is 2.07 bits per heavy atom. The van der Waals surface area contributed by atoms with Gasteiger partial charge in [0.2, 0.25) is 5.91 Å². The number of aromatic nitrogens is 2. The number of para-hydroxylation sites is 2. The van der Waals surface area contributed by atoms with Crippen LogP contribution in [0.2, 0.25) is 5.02 Å². The molecule has 0 bridgehead atoms. The third kappa shape index (κ3) is 3.73. The van der Waals surface area contributed by atoms with E-state index in [2.05, 4.69) is 0 Å². The molecule has 30 heavy (non-hydrogen) atoms. The first kappa shape index (κ1) is 20.2. The molecule has 0 unspecified atom stereocenters. The van der Waals surface area contributed by atoms with Crippen LogP contribution in [-0.2, 0) is 20.9 Å². The predicted octanol–water partition coefficient (Wildman–Crippen LogP) is 3.78. The minimum atomic E-state index is -0.334. The van der Waals surface area contributed by atoms with E-state index in [0.29, 0.717) is 35.4 Å². The van der Waals surface area contributed by atoms with Crippen LogP contribution in [0.5, 0.6) is 5.75 Å². The molecule has 0 spiro atoms. The summed E-state index contributed by atoms with van der Waals surface area (Å²) in [6.45, 7) is 2.55. The van der Waals surface area contributed by atoms with E-state index in [0.717, 1.165) is 11.0 Å². The number of hydrogen-bond acceptors (Lipinski definition) is 5. The van der Waals surface area contributed by atoms with E-state index in [1.807, 2.05) is 28.8 Å². The Bertz CT molecular complexity index is 1110. The van der Waals surface area contributed by atoms with Crippen LogP contribution < -0.4 is 9.64 Å². The lowest BCUT2D eigenvalue weighted by Gasteiger charge is -2.20. The zero-order valence-corrected chi connectivity index (χ0v) is 17.6. The fourth-order valence-corrected chi connectivity index (χ4v) is 4.06. The smallest absolute Gasteiger partial charge is 0.326 e. The first-order chi connectivity index (χ1) is 14.5. The highest BCUT2D eigenvalue weighted by molar-refractivity contribution is 6.31. The molecule has 156 valence electrons. The molecule has 0 radical (unpaired) electrons. The predicted molar refractivity (Wildman–Crippen MR) is 114 cm³/mol. The summed E-state index contributed by atoms with van der Waals surface area (Å²) in [5.74, 6) is 0.715. The molecule has 4 rings (SSSR count). The lowest BCUT2D eigenvalue weighted by molar-refractivity contribution is -0.143. The standard InChI is InChI=1S/C22H22ClN3O4/c1-3-30-21(28)13-26-17-7-5-4-6-16(17)24-22(26)14-10-20(27)25(12-14)18-11-15(23)8-9-19(18)29-2/h4-9,11,14H,3,10,12-13H2,1-2H3/t14-/m0/s1. The van der Waals surface area contributed by atoms with Crippen molar-refractivity contribution in [1.29, 1.82) is 0 Å². The fourth-order valence-electron chi connectivity index (χ4n) is 3.90. The largest absolute Gasteiger partial charge is 0.495 e. The van der Waals surface area contributed by atoms with Gasteiger partial charge in [0.05, 0.1) is 30.4 Å². The van der Waals surface area contributed by atoms with Crippen LogP contribution in [0.1, 0.15) is 25.1 Å². The molecular weight excluding hydrogens is 406 g/mol. The van der Waals surface area contributed by atoms with Crippen molar-refractivity contribution < 1.29 is 19.1 Å². The number of hydrogen-bond donors (Lipinski definition) is 0. The van der Waals surface area contributed by atoms with Gasteiger partial charge in [0.1, 0.15) is 18.1 Å². The second-order valence-corrected chi connectivity index (χ2v) is 7.51. The molecule has 1 atom stereocenters. The van der Waals surface area contributed by atoms with Crippen LogP contribution in [0.3, 0.4) is 0 Å². The van der Waals surface area contributed by atoms with E-state index in [1.165, 1.54) is 0 Å². The van der Waals surface area contributed by atoms with Crippen molar-refractivity contribution >= 4 is 40.2 Å². The highest BCUT2D eigenvalue weighted by atomic mass is 35.5. The van der Waals surface area contributed by atoms with E-state index >= 15 is 0 Å². The molecule has 0 aliphatic carbocycles. The average Bonchev–Trinajstić information content (AvgIpc) is 3.29. The van der Waals surface area contributed by atoms with Gasteiger partial charge >= 0.3 is 5.97 Å². The number of esters is 1. The maximum absolute atomic E-state index is 12.9. The second-order valence-electron chi connectivity index (χ2n) is 7.07. The van der Waals surface area contributed by atoms with E-state index in [9.17, 15) is 9.59 Å². The summed E-state index contributed by atoms with van der Waals surface area (Å²) >= 11 is 6.16. The third-order valence-electron chi connectivity index (χ3n) is 5.20. The molecule has 1 saturated heterocycles. The van der Waals surface area contributed by atoms with Crippen molar-refractivity contribution in [3.8, 4) is 5.75 Å². The highest BCUT2D eigenvalue weighted by Gasteiger charge is 2.36. The van der Waals surface area contributed by atoms with Crippen LogP contribution in [0.25, 0.3) is 11.0 Å². The zero-order valence-electron chi connectivity index (χ0n) is 16.8. The molecule has 8 heteroatoms. The van der Waals surface area contributed by atoms with E-state index in [-0.39, 0.29) is 30.8 Å². The number of benzene rings is 2. The number of halogens is 1. The number of carbonyl (C=O) groups is 2. The number of methoxy groups -OCH3 is 1. The van der Waals surface area contributed by atoms with Crippen LogP contribution in [0, 0.1) is 0 Å². The topological polar surface area (TPSA) is 73.7 Å². The molecule has 0 saturated carbocycles. The normalized spacial score (nSPS) is 16.3. The van der Waals surface area contributed by atoms with Crippen molar-refractivity contribution in [1.82, 2.24) is 9.55 Å². The number of carbonyl (C=O) groups excluding carboxylic acids is 2. The first-order valence-corrected chi connectivity index (χ1v) is 10.1. The summed E-state index contributed by atoms with van der Waals surface area (Å²) in [6.07, 6.45) is 0.280. The summed E-state index contributed by atoms with van der Waals surface area (Å²) in [4.78, 5) is 31.5. The van der Waals surface area contributed by atoms with Gasteiger partial charge in [-0.1, -0.05) is 23.7 Å². The molecule has 2 aromatic carbocycles. The number of rotatable bonds is 6. The molecular formula is C22H22ClN3O4. The fraction of sp³-hybridized carbons (Fsp3) is 0.318. The Kier molecular flexibility index (Phi) is 5.63. The van der Waals surface area contributed by atoms with Crippen molar-refractivity contribution in [3.63, 3.8) is 0 Å². The lowest BCUT2D eigenvalue weighted by atomic mass is 10.1. The van der Waals surface area contributed by atoms with Gasteiger partial charge in [-0.2, -0.15) is 0 Å². The number of amides is 1. The van der Waals surface area contributed by atoms with Crippen LogP contribution in [0.4, 0.5) is 5.69 Å². The monoisotopic (exact) mass is 427 g/mol. The Balaban J connectivity index is 1.71. The van der Waals surface area contributed by atoms with Gasteiger partial charge in [-0.15, -0.1) is 0 Å². The van der Waals surface area contributed by atoms with Crippen molar-refractivity contribution in [2.45, 2.75) is 25.8 Å². The molecule has 7 nitrogen and oxygen atoms in total. The molecule has 2 heterocycles. The Labute approximate surface area is 179 Å². The maximum atomic E-state index is 12.9. The molecule has 1 aromatic heterocycles. The van der Waals surface area contributed by atoms with Gasteiger partial charge in [-0.3, -0.25) is 9.59 Å². The van der Waals surface area contributed by atoms with Crippen LogP contribution >= 0.6 is 11.6 Å². The van der Waals surface area contributed by atoms with Gasteiger partial charge in [-0.25, -0.2) is 4.98 Å². The van der Waals surface area contributed by atoms with E-state index in [1.54, 1.807) is 37.1 Å². The summed E-state index contributed by atoms with van der Waals surface area (Å²) in [5, 5.41) is 0.525. The molecule has 1 fully saturated rings. The summed E-state index contributed by atoms with van der Waals surface area (Å²) < 4.78 is 12.4. The summed E-state index contributed by atoms with van der Waals surface area (Å²) in [6, 6.07) is 12.8. The lowest BCUT2D eigenvalue weighted by Crippen LogP contribution is -2.25. The van der Waals surface area contributed by atoms with Gasteiger partial charge in [-0.05, 0) is 37.3 Å². The van der Waals surface area contributed by atoms with E-state index < -0.39 is 0 Å². The van der Waals surface area contributed by atoms with Crippen LogP contribution in [0.15, 0.2) is 42.5 Å². The average molecular weight is 428 g/mol. The molecule has 1 aliphatic heterocycles. The summed E-state index contributed by atoms with van der Waals surface area (Å²) in [5.41, 5.74) is 2.25. The Morgan fingerprint density at radius 1 is 1.27 bits per heavy atom. The number of ether oxygens (including phenoxy) is 2. The quantitative estimate of drug-likeness (QED) is 0.560. The highest BCUT2D eigenvalue weighted by Crippen LogP contribution is 2.38. The number of imidazole rings is 1. The molecule has 0 N–H and O–H groups in total. The first-order valence-electron chi connectivity index (χ1n) is 9.76. The van der Waals surface area contributed by atoms with Gasteiger partial charge in [0.15, 0.2) is 0 Å².